The minimum Gasteiger partial charge on any atom is -0.314 e. The second-order valence-corrected chi connectivity index (χ2v) is 5.86. The first-order valence-corrected chi connectivity index (χ1v) is 7.25. The van der Waals surface area contributed by atoms with E-state index in [9.17, 15) is 0 Å². The van der Waals surface area contributed by atoms with Crippen LogP contribution in [0.2, 0.25) is 5.02 Å². The smallest absolute Gasteiger partial charge is 0.0453 e. The van der Waals surface area contributed by atoms with Crippen molar-refractivity contribution in [2.24, 2.45) is 5.92 Å². The minimum atomic E-state index is 0. The third kappa shape index (κ3) is 5.42. The van der Waals surface area contributed by atoms with Crippen molar-refractivity contribution in [3.8, 4) is 0 Å². The van der Waals surface area contributed by atoms with E-state index >= 15 is 0 Å². The lowest BCUT2D eigenvalue weighted by Crippen LogP contribution is -2.45. The maximum atomic E-state index is 6.38. The van der Waals surface area contributed by atoms with E-state index in [0.29, 0.717) is 12.0 Å². The fourth-order valence-electron chi connectivity index (χ4n) is 2.66. The molecule has 0 aliphatic carbocycles. The predicted molar refractivity (Wildman–Crippen MR) is 92.6 cm³/mol. The summed E-state index contributed by atoms with van der Waals surface area (Å²) in [6.07, 6.45) is 1.17. The molecule has 1 aromatic carbocycles. The van der Waals surface area contributed by atoms with Gasteiger partial charge in [-0.3, -0.25) is 4.90 Å². The molecule has 0 unspecified atom stereocenters. The number of nitrogens with one attached hydrogen (secondary N) is 1. The molecule has 0 saturated carbocycles. The number of rotatable bonds is 4. The molecule has 1 atom stereocenters. The summed E-state index contributed by atoms with van der Waals surface area (Å²) in [7, 11) is 0. The Hall–Kier alpha value is 0.01000. The van der Waals surface area contributed by atoms with Gasteiger partial charge in [0.05, 0.1) is 0 Å². The molecule has 5 heteroatoms. The van der Waals surface area contributed by atoms with Crippen LogP contribution in [-0.2, 0) is 0 Å². The molecule has 0 radical (unpaired) electrons. The van der Waals surface area contributed by atoms with Gasteiger partial charge in [0.1, 0.15) is 0 Å². The molecule has 2 nitrogen and oxygen atoms in total. The number of benzene rings is 1. The zero-order valence-corrected chi connectivity index (χ0v) is 14.5. The van der Waals surface area contributed by atoms with Gasteiger partial charge in [0.15, 0.2) is 0 Å². The molecule has 1 aliphatic rings. The van der Waals surface area contributed by atoms with Gasteiger partial charge in [-0.2, -0.15) is 0 Å². The highest BCUT2D eigenvalue weighted by Gasteiger charge is 2.24. The Morgan fingerprint density at radius 2 is 1.75 bits per heavy atom. The van der Waals surface area contributed by atoms with E-state index in [4.69, 9.17) is 11.6 Å². The highest BCUT2D eigenvalue weighted by atomic mass is 35.5. The third-order valence-electron chi connectivity index (χ3n) is 3.55. The molecule has 1 fully saturated rings. The Morgan fingerprint density at radius 1 is 1.15 bits per heavy atom. The van der Waals surface area contributed by atoms with Crippen molar-refractivity contribution in [1.82, 2.24) is 10.2 Å². The van der Waals surface area contributed by atoms with Crippen molar-refractivity contribution in [3.05, 3.63) is 34.9 Å². The molecule has 1 aliphatic heterocycles. The zero-order valence-electron chi connectivity index (χ0n) is 12.1. The van der Waals surface area contributed by atoms with Crippen molar-refractivity contribution in [3.63, 3.8) is 0 Å². The van der Waals surface area contributed by atoms with Crippen LogP contribution >= 0.6 is 36.4 Å². The Kier molecular flexibility index (Phi) is 9.86. The molecule has 0 aromatic heterocycles. The molecular weight excluding hydrogens is 315 g/mol. The van der Waals surface area contributed by atoms with Gasteiger partial charge >= 0.3 is 0 Å². The number of nitrogens with zero attached hydrogens (tertiary/aromatic N) is 1. The van der Waals surface area contributed by atoms with Crippen molar-refractivity contribution in [2.45, 2.75) is 26.3 Å². The number of halogens is 3. The van der Waals surface area contributed by atoms with Crippen LogP contribution in [-0.4, -0.2) is 31.1 Å². The summed E-state index contributed by atoms with van der Waals surface area (Å²) in [4.78, 5) is 2.57. The van der Waals surface area contributed by atoms with Crippen molar-refractivity contribution in [2.75, 3.05) is 26.2 Å². The van der Waals surface area contributed by atoms with Gasteiger partial charge in [-0.15, -0.1) is 24.8 Å². The largest absolute Gasteiger partial charge is 0.314 e. The van der Waals surface area contributed by atoms with Crippen LogP contribution in [0.3, 0.4) is 0 Å². The predicted octanol–water partition coefficient (Wildman–Crippen LogP) is 4.18. The van der Waals surface area contributed by atoms with E-state index in [-0.39, 0.29) is 24.8 Å². The maximum Gasteiger partial charge on any atom is 0.0453 e. The quantitative estimate of drug-likeness (QED) is 0.885. The monoisotopic (exact) mass is 338 g/mol. The Morgan fingerprint density at radius 3 is 2.30 bits per heavy atom. The maximum absolute atomic E-state index is 6.38. The minimum absolute atomic E-state index is 0. The lowest BCUT2D eigenvalue weighted by atomic mass is 9.95. The molecule has 0 bridgehead atoms. The van der Waals surface area contributed by atoms with Gasteiger partial charge in [0.2, 0.25) is 0 Å². The van der Waals surface area contributed by atoms with E-state index in [1.165, 1.54) is 12.0 Å². The standard InChI is InChI=1S/C15H23ClN2.2ClH/c1-12(2)11-15(18-9-7-17-8-10-18)13-5-3-4-6-14(13)16;;/h3-6,12,15,17H,7-11H2,1-2H3;2*1H/t15-;;/m1../s1. The van der Waals surface area contributed by atoms with E-state index in [0.717, 1.165) is 31.2 Å². The summed E-state index contributed by atoms with van der Waals surface area (Å²) in [5, 5.41) is 4.32. The van der Waals surface area contributed by atoms with Gasteiger partial charge in [0, 0.05) is 37.2 Å². The first-order chi connectivity index (χ1) is 8.68. The summed E-state index contributed by atoms with van der Waals surface area (Å²) >= 11 is 6.38. The van der Waals surface area contributed by atoms with Crippen LogP contribution in [0.1, 0.15) is 31.9 Å². The van der Waals surface area contributed by atoms with E-state index < -0.39 is 0 Å². The third-order valence-corrected chi connectivity index (χ3v) is 3.90. The number of hydrogen-bond donors (Lipinski definition) is 1. The van der Waals surface area contributed by atoms with Crippen LogP contribution < -0.4 is 5.32 Å². The van der Waals surface area contributed by atoms with E-state index in [1.807, 2.05) is 12.1 Å². The zero-order chi connectivity index (χ0) is 13.0. The average Bonchev–Trinajstić information content (AvgIpc) is 2.38. The summed E-state index contributed by atoms with van der Waals surface area (Å²) < 4.78 is 0. The van der Waals surface area contributed by atoms with Gasteiger partial charge in [0.25, 0.3) is 0 Å². The highest BCUT2D eigenvalue weighted by Crippen LogP contribution is 2.32. The summed E-state index contributed by atoms with van der Waals surface area (Å²) in [5.41, 5.74) is 1.29. The van der Waals surface area contributed by atoms with Gasteiger partial charge in [-0.1, -0.05) is 43.6 Å². The average molecular weight is 340 g/mol. The van der Waals surface area contributed by atoms with E-state index in [1.54, 1.807) is 0 Å². The number of hydrogen-bond acceptors (Lipinski definition) is 2. The lowest BCUT2D eigenvalue weighted by molar-refractivity contribution is 0.154. The molecule has 20 heavy (non-hydrogen) atoms. The van der Waals surface area contributed by atoms with Crippen LogP contribution in [0.5, 0.6) is 0 Å². The second-order valence-electron chi connectivity index (χ2n) is 5.45. The molecule has 116 valence electrons. The first-order valence-electron chi connectivity index (χ1n) is 6.87. The van der Waals surface area contributed by atoms with Gasteiger partial charge < -0.3 is 5.32 Å². The Labute approximate surface area is 140 Å². The summed E-state index contributed by atoms with van der Waals surface area (Å²) in [6, 6.07) is 8.75. The van der Waals surface area contributed by atoms with Gasteiger partial charge in [-0.05, 0) is 24.0 Å². The van der Waals surface area contributed by atoms with Crippen LogP contribution in [0.25, 0.3) is 0 Å². The molecule has 0 amide bonds. The fourth-order valence-corrected chi connectivity index (χ4v) is 2.92. The lowest BCUT2D eigenvalue weighted by Gasteiger charge is -2.36. The van der Waals surface area contributed by atoms with Crippen molar-refractivity contribution >= 4 is 36.4 Å². The molecule has 1 saturated heterocycles. The molecule has 1 heterocycles. The van der Waals surface area contributed by atoms with Crippen LogP contribution in [0, 0.1) is 5.92 Å². The molecular formula is C15H25Cl3N2. The normalized spacial score (nSPS) is 17.2. The second kappa shape index (κ2) is 9.86. The van der Waals surface area contributed by atoms with Crippen molar-refractivity contribution < 1.29 is 0 Å². The Balaban J connectivity index is 0.00000180. The Bertz CT molecular complexity index is 379. The van der Waals surface area contributed by atoms with Crippen LogP contribution in [0.15, 0.2) is 24.3 Å². The van der Waals surface area contributed by atoms with E-state index in [2.05, 4.69) is 36.2 Å². The summed E-state index contributed by atoms with van der Waals surface area (Å²) in [5.74, 6) is 0.682. The highest BCUT2D eigenvalue weighted by molar-refractivity contribution is 6.31. The topological polar surface area (TPSA) is 15.3 Å². The van der Waals surface area contributed by atoms with Gasteiger partial charge in [-0.25, -0.2) is 0 Å². The molecule has 2 rings (SSSR count). The SMILES string of the molecule is CC(C)C[C@H](c1ccccc1Cl)N1CCNCC1.Cl.Cl. The van der Waals surface area contributed by atoms with Crippen LogP contribution in [0.4, 0.5) is 0 Å². The molecule has 1 N–H and O–H groups in total. The fraction of sp³-hybridized carbons (Fsp3) is 0.600. The molecule has 1 aromatic rings. The summed E-state index contributed by atoms with van der Waals surface area (Å²) in [6.45, 7) is 8.96. The first kappa shape index (κ1) is 20.0. The molecule has 0 spiro atoms. The van der Waals surface area contributed by atoms with Crippen molar-refractivity contribution in [1.29, 1.82) is 0 Å². The number of piperazine rings is 1.